The maximum absolute atomic E-state index is 11.3. The summed E-state index contributed by atoms with van der Waals surface area (Å²) in [5.41, 5.74) is 0.806. The summed E-state index contributed by atoms with van der Waals surface area (Å²) in [6, 6.07) is 1.34. The third kappa shape index (κ3) is 2.17. The van der Waals surface area contributed by atoms with E-state index in [2.05, 4.69) is 0 Å². The number of rotatable bonds is 2. The molecule has 16 heavy (non-hydrogen) atoms. The van der Waals surface area contributed by atoms with Crippen molar-refractivity contribution < 1.29 is 13.3 Å². The van der Waals surface area contributed by atoms with Crippen LogP contribution in [0.3, 0.4) is 0 Å². The Morgan fingerprint density at radius 1 is 1.25 bits per heavy atom. The summed E-state index contributed by atoms with van der Waals surface area (Å²) in [4.78, 5) is 9.95. The average Bonchev–Trinajstić information content (AvgIpc) is 2.08. The maximum Gasteiger partial charge on any atom is 0.273 e. The second kappa shape index (κ2) is 4.03. The lowest BCUT2D eigenvalue weighted by molar-refractivity contribution is -0.385. The van der Waals surface area contributed by atoms with Crippen LogP contribution in [0.25, 0.3) is 0 Å². The Bertz CT molecular complexity index is 565. The van der Waals surface area contributed by atoms with Gasteiger partial charge in [0, 0.05) is 22.3 Å². The van der Waals surface area contributed by atoms with E-state index in [0.717, 1.165) is 0 Å². The summed E-state index contributed by atoms with van der Waals surface area (Å²) in [5, 5.41) is 10.7. The highest BCUT2D eigenvalue weighted by Crippen LogP contribution is 2.32. The third-order valence-electron chi connectivity index (χ3n) is 2.45. The number of aryl methyl sites for hydroxylation is 1. The molecule has 0 aliphatic heterocycles. The fraction of sp³-hybridized carbons (Fsp3) is 0.333. The van der Waals surface area contributed by atoms with Crippen LogP contribution in [0.2, 0.25) is 0 Å². The van der Waals surface area contributed by atoms with Crippen LogP contribution in [-0.2, 0) is 9.05 Å². The zero-order chi connectivity index (χ0) is 12.7. The van der Waals surface area contributed by atoms with Crippen LogP contribution in [0.4, 0.5) is 5.69 Å². The first-order chi connectivity index (χ1) is 7.16. The van der Waals surface area contributed by atoms with E-state index >= 15 is 0 Å². The Morgan fingerprint density at radius 3 is 2.12 bits per heavy atom. The number of nitro benzene ring substituents is 1. The maximum atomic E-state index is 11.3. The van der Waals surface area contributed by atoms with Gasteiger partial charge in [0.25, 0.3) is 14.7 Å². The highest BCUT2D eigenvalue weighted by Gasteiger charge is 2.25. The third-order valence-corrected chi connectivity index (χ3v) is 4.01. The van der Waals surface area contributed by atoms with Crippen LogP contribution in [0.1, 0.15) is 16.7 Å². The molecule has 0 radical (unpaired) electrons. The molecule has 0 fully saturated rings. The predicted octanol–water partition coefficient (Wildman–Crippen LogP) is 2.45. The zero-order valence-corrected chi connectivity index (χ0v) is 10.5. The standard InChI is InChI=1S/C9H10ClNO4S/c1-5-4-8(11(12)13)7(3)9(6(5)2)16(10,14)15/h4H,1-3H3. The average molecular weight is 264 g/mol. The van der Waals surface area contributed by atoms with Crippen molar-refractivity contribution in [1.82, 2.24) is 0 Å². The van der Waals surface area contributed by atoms with Crippen LogP contribution in [0, 0.1) is 30.9 Å². The fourth-order valence-corrected chi connectivity index (χ4v) is 3.24. The summed E-state index contributed by atoms with van der Waals surface area (Å²) >= 11 is 0. The smallest absolute Gasteiger partial charge is 0.258 e. The molecular weight excluding hydrogens is 254 g/mol. The number of hydrogen-bond acceptors (Lipinski definition) is 4. The van der Waals surface area contributed by atoms with E-state index in [1.807, 2.05) is 0 Å². The van der Waals surface area contributed by atoms with Gasteiger partial charge in [-0.15, -0.1) is 0 Å². The number of nitro groups is 1. The van der Waals surface area contributed by atoms with Crippen molar-refractivity contribution >= 4 is 25.4 Å². The van der Waals surface area contributed by atoms with Crippen LogP contribution < -0.4 is 0 Å². The molecule has 0 atom stereocenters. The Balaban J connectivity index is 3.80. The molecule has 0 saturated carbocycles. The number of benzene rings is 1. The monoisotopic (exact) mass is 263 g/mol. The molecule has 1 aromatic carbocycles. The van der Waals surface area contributed by atoms with Gasteiger partial charge in [0.1, 0.15) is 0 Å². The van der Waals surface area contributed by atoms with Gasteiger partial charge in [-0.1, -0.05) is 0 Å². The van der Waals surface area contributed by atoms with Crippen molar-refractivity contribution in [3.63, 3.8) is 0 Å². The molecule has 0 aliphatic carbocycles. The molecule has 1 rings (SSSR count). The number of nitrogens with zero attached hydrogens (tertiary/aromatic N) is 1. The van der Waals surface area contributed by atoms with Crippen molar-refractivity contribution in [2.24, 2.45) is 0 Å². The first-order valence-electron chi connectivity index (χ1n) is 4.36. The molecule has 1 aromatic rings. The molecule has 0 unspecified atom stereocenters. The van der Waals surface area contributed by atoms with Crippen LogP contribution in [0.5, 0.6) is 0 Å². The van der Waals surface area contributed by atoms with E-state index in [4.69, 9.17) is 10.7 Å². The van der Waals surface area contributed by atoms with Gasteiger partial charge in [-0.2, -0.15) is 0 Å². The summed E-state index contributed by atoms with van der Waals surface area (Å²) in [7, 11) is 1.29. The highest BCUT2D eigenvalue weighted by molar-refractivity contribution is 8.13. The van der Waals surface area contributed by atoms with Crippen molar-refractivity contribution in [2.75, 3.05) is 0 Å². The minimum atomic E-state index is -3.97. The zero-order valence-electron chi connectivity index (χ0n) is 8.94. The summed E-state index contributed by atoms with van der Waals surface area (Å²) in [5.74, 6) is 0. The van der Waals surface area contributed by atoms with Gasteiger partial charge < -0.3 is 0 Å². The molecule has 0 saturated heterocycles. The van der Waals surface area contributed by atoms with Gasteiger partial charge in [-0.25, -0.2) is 8.42 Å². The quantitative estimate of drug-likeness (QED) is 0.466. The van der Waals surface area contributed by atoms with Crippen LogP contribution in [0.15, 0.2) is 11.0 Å². The molecule has 5 nitrogen and oxygen atoms in total. The minimum Gasteiger partial charge on any atom is -0.258 e. The van der Waals surface area contributed by atoms with Gasteiger partial charge in [0.2, 0.25) is 0 Å². The SMILES string of the molecule is Cc1cc([N+](=O)[O-])c(C)c(S(=O)(=O)Cl)c1C. The Morgan fingerprint density at radius 2 is 1.75 bits per heavy atom. The largest absolute Gasteiger partial charge is 0.273 e. The lowest BCUT2D eigenvalue weighted by Crippen LogP contribution is -2.04. The van der Waals surface area contributed by atoms with Gasteiger partial charge >= 0.3 is 0 Å². The Hall–Kier alpha value is -1.14. The van der Waals surface area contributed by atoms with Crippen molar-refractivity contribution in [3.05, 3.63) is 32.9 Å². The number of hydrogen-bond donors (Lipinski definition) is 0. The summed E-state index contributed by atoms with van der Waals surface area (Å²) in [6.07, 6.45) is 0. The van der Waals surface area contributed by atoms with Gasteiger partial charge in [-0.05, 0) is 31.9 Å². The molecule has 0 amide bonds. The number of halogens is 1. The van der Waals surface area contributed by atoms with Gasteiger partial charge in [-0.3, -0.25) is 10.1 Å². The highest BCUT2D eigenvalue weighted by atomic mass is 35.7. The lowest BCUT2D eigenvalue weighted by atomic mass is 10.0. The second-order valence-corrected chi connectivity index (χ2v) is 5.99. The molecular formula is C9H10ClNO4S. The van der Waals surface area contributed by atoms with Crippen LogP contribution >= 0.6 is 10.7 Å². The van der Waals surface area contributed by atoms with Crippen molar-refractivity contribution in [1.29, 1.82) is 0 Å². The fourth-order valence-electron chi connectivity index (χ4n) is 1.55. The van der Waals surface area contributed by atoms with Gasteiger partial charge in [0.05, 0.1) is 9.82 Å². The van der Waals surface area contributed by atoms with Crippen molar-refractivity contribution in [2.45, 2.75) is 25.7 Å². The molecule has 7 heteroatoms. The Labute approximate surface area is 97.6 Å². The minimum absolute atomic E-state index is 0.0723. The summed E-state index contributed by atoms with van der Waals surface area (Å²) in [6.45, 7) is 4.55. The van der Waals surface area contributed by atoms with Crippen LogP contribution in [-0.4, -0.2) is 13.3 Å². The first-order valence-corrected chi connectivity index (χ1v) is 6.67. The molecule has 0 bridgehead atoms. The van der Waals surface area contributed by atoms with Crippen molar-refractivity contribution in [3.8, 4) is 0 Å². The molecule has 0 aromatic heterocycles. The van der Waals surface area contributed by atoms with Gasteiger partial charge in [0.15, 0.2) is 0 Å². The van der Waals surface area contributed by atoms with E-state index in [1.54, 1.807) is 13.8 Å². The summed E-state index contributed by atoms with van der Waals surface area (Å²) < 4.78 is 22.7. The van der Waals surface area contributed by atoms with E-state index in [0.29, 0.717) is 11.1 Å². The van der Waals surface area contributed by atoms with E-state index in [1.165, 1.54) is 13.0 Å². The first kappa shape index (κ1) is 12.9. The topological polar surface area (TPSA) is 77.3 Å². The molecule has 0 spiro atoms. The van der Waals surface area contributed by atoms with E-state index < -0.39 is 14.0 Å². The normalized spacial score (nSPS) is 11.5. The Kier molecular flexibility index (Phi) is 3.25. The predicted molar refractivity (Wildman–Crippen MR) is 60.3 cm³/mol. The molecule has 0 heterocycles. The van der Waals surface area contributed by atoms with E-state index in [9.17, 15) is 18.5 Å². The molecule has 0 aliphatic rings. The lowest BCUT2D eigenvalue weighted by Gasteiger charge is -2.09. The molecule has 0 N–H and O–H groups in total. The van der Waals surface area contributed by atoms with E-state index in [-0.39, 0.29) is 16.1 Å². The molecule has 88 valence electrons. The second-order valence-electron chi connectivity index (χ2n) is 3.49.